The maximum Gasteiger partial charge on any atom is 0.241 e. The van der Waals surface area contributed by atoms with E-state index < -0.39 is 10.0 Å². The Balaban J connectivity index is 1.90. The normalized spacial score (nSPS) is 15.2. The van der Waals surface area contributed by atoms with Crippen molar-refractivity contribution in [2.45, 2.75) is 30.7 Å². The van der Waals surface area contributed by atoms with Crippen LogP contribution in [-0.4, -0.2) is 21.4 Å². The quantitative estimate of drug-likeness (QED) is 0.730. The highest BCUT2D eigenvalue weighted by atomic mass is 35.5. The minimum Gasteiger partial charge on any atom is -0.495 e. The van der Waals surface area contributed by atoms with Gasteiger partial charge in [0.15, 0.2) is 0 Å². The van der Waals surface area contributed by atoms with Gasteiger partial charge in [-0.3, -0.25) is 4.79 Å². The number of halogens is 1. The first-order valence-electron chi connectivity index (χ1n) is 8.53. The SMILES string of the molecule is COc1ccc(S(=O)(=O)N[C@@H](c2ccc(Cl)cc2)C2CC2)cc1NC(C)=O. The highest BCUT2D eigenvalue weighted by Gasteiger charge is 2.35. The molecule has 0 aromatic heterocycles. The molecule has 2 N–H and O–H groups in total. The summed E-state index contributed by atoms with van der Waals surface area (Å²) in [4.78, 5) is 11.4. The zero-order chi connectivity index (χ0) is 19.6. The van der Waals surface area contributed by atoms with Crippen LogP contribution in [-0.2, 0) is 14.8 Å². The maximum atomic E-state index is 13.0. The predicted octanol–water partition coefficient (Wildman–Crippen LogP) is 3.74. The minimum absolute atomic E-state index is 0.0617. The molecule has 2 aromatic carbocycles. The third-order valence-corrected chi connectivity index (χ3v) is 6.09. The van der Waals surface area contributed by atoms with Crippen molar-refractivity contribution in [3.63, 3.8) is 0 Å². The van der Waals surface area contributed by atoms with Crippen LogP contribution in [0.15, 0.2) is 47.4 Å². The molecule has 0 bridgehead atoms. The molecule has 1 fully saturated rings. The number of anilines is 1. The predicted molar refractivity (Wildman–Crippen MR) is 105 cm³/mol. The smallest absolute Gasteiger partial charge is 0.241 e. The lowest BCUT2D eigenvalue weighted by Crippen LogP contribution is -2.30. The number of carbonyl (C=O) groups is 1. The molecule has 1 amide bonds. The van der Waals surface area contributed by atoms with E-state index in [1.54, 1.807) is 12.1 Å². The van der Waals surface area contributed by atoms with Gasteiger partial charge in [-0.25, -0.2) is 13.1 Å². The van der Waals surface area contributed by atoms with Gasteiger partial charge in [0.2, 0.25) is 15.9 Å². The van der Waals surface area contributed by atoms with Crippen LogP contribution in [0.1, 0.15) is 31.4 Å². The number of hydrogen-bond acceptors (Lipinski definition) is 4. The van der Waals surface area contributed by atoms with Crippen molar-refractivity contribution in [1.29, 1.82) is 0 Å². The van der Waals surface area contributed by atoms with Crippen molar-refractivity contribution in [2.75, 3.05) is 12.4 Å². The van der Waals surface area contributed by atoms with Crippen LogP contribution < -0.4 is 14.8 Å². The molecule has 0 aliphatic heterocycles. The second-order valence-corrected chi connectivity index (χ2v) is 8.68. The molecule has 0 radical (unpaired) electrons. The first-order chi connectivity index (χ1) is 12.8. The van der Waals surface area contributed by atoms with Gasteiger partial charge in [0.25, 0.3) is 0 Å². The molecule has 6 nitrogen and oxygen atoms in total. The van der Waals surface area contributed by atoms with Crippen molar-refractivity contribution in [1.82, 2.24) is 4.72 Å². The number of carbonyl (C=O) groups excluding carboxylic acids is 1. The second kappa shape index (κ2) is 7.88. The zero-order valence-electron chi connectivity index (χ0n) is 15.0. The lowest BCUT2D eigenvalue weighted by Gasteiger charge is -2.20. The second-order valence-electron chi connectivity index (χ2n) is 6.53. The first kappa shape index (κ1) is 19.7. The van der Waals surface area contributed by atoms with E-state index in [9.17, 15) is 13.2 Å². The molecule has 1 aliphatic carbocycles. The summed E-state index contributed by atoms with van der Waals surface area (Å²) in [7, 11) is -2.34. The molecule has 0 spiro atoms. The Morgan fingerprint density at radius 1 is 1.19 bits per heavy atom. The fraction of sp³-hybridized carbons (Fsp3) is 0.316. The number of methoxy groups -OCH3 is 1. The fourth-order valence-corrected chi connectivity index (χ4v) is 4.36. The lowest BCUT2D eigenvalue weighted by molar-refractivity contribution is -0.114. The Bertz CT molecular complexity index is 941. The monoisotopic (exact) mass is 408 g/mol. The Kier molecular flexibility index (Phi) is 5.74. The van der Waals surface area contributed by atoms with Gasteiger partial charge in [-0.05, 0) is 54.7 Å². The third-order valence-electron chi connectivity index (χ3n) is 4.40. The number of rotatable bonds is 7. The van der Waals surface area contributed by atoms with Crippen LogP contribution in [0.5, 0.6) is 5.75 Å². The molecule has 144 valence electrons. The van der Waals surface area contributed by atoms with E-state index >= 15 is 0 Å². The highest BCUT2D eigenvalue weighted by molar-refractivity contribution is 7.89. The number of hydrogen-bond donors (Lipinski definition) is 2. The Morgan fingerprint density at radius 3 is 2.41 bits per heavy atom. The summed E-state index contributed by atoms with van der Waals surface area (Å²) in [5.41, 5.74) is 1.18. The summed E-state index contributed by atoms with van der Waals surface area (Å²) in [5, 5.41) is 3.20. The molecule has 1 atom stereocenters. The van der Waals surface area contributed by atoms with Crippen LogP contribution in [0.3, 0.4) is 0 Å². The zero-order valence-corrected chi connectivity index (χ0v) is 16.6. The number of nitrogens with one attached hydrogen (secondary N) is 2. The third kappa shape index (κ3) is 4.80. The molecule has 1 aliphatic rings. The van der Waals surface area contributed by atoms with Crippen molar-refractivity contribution < 1.29 is 17.9 Å². The van der Waals surface area contributed by atoms with Gasteiger partial charge >= 0.3 is 0 Å². The van der Waals surface area contributed by atoms with Crippen molar-refractivity contribution >= 4 is 33.2 Å². The summed E-state index contributed by atoms with van der Waals surface area (Å²) in [5.74, 6) is 0.336. The minimum atomic E-state index is -3.80. The van der Waals surface area contributed by atoms with Crippen LogP contribution in [0.25, 0.3) is 0 Å². The average Bonchev–Trinajstić information content (AvgIpc) is 3.45. The van der Waals surface area contributed by atoms with E-state index in [0.29, 0.717) is 16.5 Å². The first-order valence-corrected chi connectivity index (χ1v) is 10.4. The van der Waals surface area contributed by atoms with Crippen LogP contribution in [0.2, 0.25) is 5.02 Å². The van der Waals surface area contributed by atoms with E-state index in [2.05, 4.69) is 10.0 Å². The standard InChI is InChI=1S/C19H21ClN2O4S/c1-12(23)21-17-11-16(9-10-18(17)26-2)27(24,25)22-19(13-3-4-13)14-5-7-15(20)8-6-14/h5-11,13,19,22H,3-4H2,1-2H3,(H,21,23)/t19-/m1/s1. The van der Waals surface area contributed by atoms with E-state index in [4.69, 9.17) is 16.3 Å². The molecular formula is C19H21ClN2O4S. The van der Waals surface area contributed by atoms with Crippen LogP contribution in [0, 0.1) is 5.92 Å². The van der Waals surface area contributed by atoms with Gasteiger partial charge in [0.05, 0.1) is 17.7 Å². The molecule has 0 unspecified atom stereocenters. The number of benzene rings is 2. The van der Waals surface area contributed by atoms with Gasteiger partial charge < -0.3 is 10.1 Å². The van der Waals surface area contributed by atoms with E-state index in [1.165, 1.54) is 32.2 Å². The Morgan fingerprint density at radius 2 is 1.85 bits per heavy atom. The van der Waals surface area contributed by atoms with Gasteiger partial charge in [0, 0.05) is 18.0 Å². The van der Waals surface area contributed by atoms with Gasteiger partial charge in [-0.2, -0.15) is 0 Å². The number of amides is 1. The van der Waals surface area contributed by atoms with Crippen molar-refractivity contribution in [3.8, 4) is 5.75 Å². The van der Waals surface area contributed by atoms with Gasteiger partial charge in [-0.1, -0.05) is 23.7 Å². The summed E-state index contributed by atoms with van der Waals surface area (Å²) in [6, 6.07) is 11.2. The topological polar surface area (TPSA) is 84.5 Å². The van der Waals surface area contributed by atoms with Crippen molar-refractivity contribution in [2.24, 2.45) is 5.92 Å². The summed E-state index contributed by atoms with van der Waals surface area (Å²) >= 11 is 5.94. The molecule has 1 saturated carbocycles. The van der Waals surface area contributed by atoms with E-state index in [1.807, 2.05) is 12.1 Å². The number of sulfonamides is 1. The molecule has 0 heterocycles. The molecule has 8 heteroatoms. The molecule has 27 heavy (non-hydrogen) atoms. The average molecular weight is 409 g/mol. The molecule has 2 aromatic rings. The summed E-state index contributed by atoms with van der Waals surface area (Å²) in [6.45, 7) is 1.35. The summed E-state index contributed by atoms with van der Waals surface area (Å²) < 4.78 is 33.9. The largest absolute Gasteiger partial charge is 0.495 e. The van der Waals surface area contributed by atoms with Crippen LogP contribution in [0.4, 0.5) is 5.69 Å². The lowest BCUT2D eigenvalue weighted by atomic mass is 10.0. The van der Waals surface area contributed by atoms with Crippen LogP contribution >= 0.6 is 11.6 Å². The van der Waals surface area contributed by atoms with Crippen molar-refractivity contribution in [3.05, 3.63) is 53.1 Å². The molecular weight excluding hydrogens is 388 g/mol. The highest BCUT2D eigenvalue weighted by Crippen LogP contribution is 2.42. The molecule has 3 rings (SSSR count). The van der Waals surface area contributed by atoms with Gasteiger partial charge in [0.1, 0.15) is 5.75 Å². The Hall–Kier alpha value is -2.09. The van der Waals surface area contributed by atoms with Gasteiger partial charge in [-0.15, -0.1) is 0 Å². The molecule has 0 saturated heterocycles. The fourth-order valence-electron chi connectivity index (χ4n) is 2.91. The maximum absolute atomic E-state index is 13.0. The number of ether oxygens (including phenoxy) is 1. The van der Waals surface area contributed by atoms with E-state index in [0.717, 1.165) is 18.4 Å². The van der Waals surface area contributed by atoms with E-state index in [-0.39, 0.29) is 22.8 Å². The summed E-state index contributed by atoms with van der Waals surface area (Å²) in [6.07, 6.45) is 1.94. The Labute approximate surface area is 163 Å².